The number of halogens is 1. The van der Waals surface area contributed by atoms with E-state index in [-0.39, 0.29) is 46.6 Å². The van der Waals surface area contributed by atoms with Crippen LogP contribution in [0.25, 0.3) is 16.9 Å². The monoisotopic (exact) mass is 529 g/mol. The summed E-state index contributed by atoms with van der Waals surface area (Å²) in [5.74, 6) is -1.31. The van der Waals surface area contributed by atoms with Crippen molar-refractivity contribution in [3.63, 3.8) is 0 Å². The zero-order valence-corrected chi connectivity index (χ0v) is 21.6. The van der Waals surface area contributed by atoms with Crippen LogP contribution in [0.15, 0.2) is 35.5 Å². The third-order valence-corrected chi connectivity index (χ3v) is 9.00. The van der Waals surface area contributed by atoms with Crippen LogP contribution in [0.2, 0.25) is 0 Å². The van der Waals surface area contributed by atoms with Gasteiger partial charge in [-0.3, -0.25) is 9.12 Å². The molecule has 0 saturated heterocycles. The minimum Gasteiger partial charge on any atom is -0.492 e. The van der Waals surface area contributed by atoms with E-state index in [0.717, 1.165) is 6.07 Å². The standard InChI is InChI=1S/C22H28FN3O7S2/c1-6-34(28,29)25-16-10-14(9-15(23)21(16)32-5)17-12-24-20-11-18(33-8-7-27)19(13-26(17)20)35(30,31)22(2,3)4/h9-13,25,27H,6-8H2,1-5H3. The first kappa shape index (κ1) is 26.7. The molecule has 0 radical (unpaired) electrons. The van der Waals surface area contributed by atoms with Crippen LogP contribution >= 0.6 is 0 Å². The number of nitrogens with one attached hydrogen (secondary N) is 1. The number of ether oxygens (including phenoxy) is 2. The zero-order chi connectivity index (χ0) is 26.2. The minimum absolute atomic E-state index is 0.0240. The van der Waals surface area contributed by atoms with Crippen molar-refractivity contribution in [1.29, 1.82) is 0 Å². The maximum atomic E-state index is 14.9. The lowest BCUT2D eigenvalue weighted by Crippen LogP contribution is -2.28. The van der Waals surface area contributed by atoms with Gasteiger partial charge in [-0.1, -0.05) is 0 Å². The first-order valence-corrected chi connectivity index (χ1v) is 13.8. The van der Waals surface area contributed by atoms with Crippen LogP contribution in [-0.2, 0) is 19.9 Å². The molecular formula is C22H28FN3O7S2. The van der Waals surface area contributed by atoms with Gasteiger partial charge in [-0.25, -0.2) is 26.2 Å². The molecule has 0 amide bonds. The number of anilines is 1. The Bertz CT molecular complexity index is 1460. The maximum Gasteiger partial charge on any atom is 0.232 e. The SMILES string of the molecule is CCS(=O)(=O)Nc1cc(-c2cnc3cc(OCCO)c(S(=O)(=O)C(C)(C)C)cn23)cc(F)c1OC. The van der Waals surface area contributed by atoms with Crippen LogP contribution in [0.4, 0.5) is 10.1 Å². The fourth-order valence-corrected chi connectivity index (χ4v) is 5.18. The number of aliphatic hydroxyl groups is 1. The lowest BCUT2D eigenvalue weighted by molar-refractivity contribution is 0.198. The van der Waals surface area contributed by atoms with Gasteiger partial charge in [-0.15, -0.1) is 0 Å². The highest BCUT2D eigenvalue weighted by Gasteiger charge is 2.34. The average molecular weight is 530 g/mol. The van der Waals surface area contributed by atoms with E-state index in [2.05, 4.69) is 9.71 Å². The van der Waals surface area contributed by atoms with Crippen molar-refractivity contribution < 1.29 is 35.8 Å². The molecule has 0 saturated carbocycles. The van der Waals surface area contributed by atoms with E-state index in [9.17, 15) is 21.2 Å². The van der Waals surface area contributed by atoms with E-state index in [1.807, 2.05) is 0 Å². The summed E-state index contributed by atoms with van der Waals surface area (Å²) >= 11 is 0. The topological polar surface area (TPSA) is 136 Å². The van der Waals surface area contributed by atoms with Crippen molar-refractivity contribution in [1.82, 2.24) is 9.38 Å². The van der Waals surface area contributed by atoms with Crippen LogP contribution in [0, 0.1) is 5.82 Å². The summed E-state index contributed by atoms with van der Waals surface area (Å²) in [5.41, 5.74) is 0.725. The molecule has 3 aromatic rings. The Hall–Kier alpha value is -2.90. The predicted octanol–water partition coefficient (Wildman–Crippen LogP) is 2.85. The quantitative estimate of drug-likeness (QED) is 0.432. The smallest absolute Gasteiger partial charge is 0.232 e. The number of rotatable bonds is 9. The summed E-state index contributed by atoms with van der Waals surface area (Å²) in [5, 5.41) is 9.15. The Morgan fingerprint density at radius 2 is 1.86 bits per heavy atom. The first-order chi connectivity index (χ1) is 16.3. The number of nitrogens with zero attached hydrogens (tertiary/aromatic N) is 2. The average Bonchev–Trinajstić information content (AvgIpc) is 3.18. The third kappa shape index (κ3) is 5.21. The van der Waals surface area contributed by atoms with Crippen LogP contribution in [0.1, 0.15) is 27.7 Å². The summed E-state index contributed by atoms with van der Waals surface area (Å²) in [7, 11) is -6.43. The number of hydrogen-bond donors (Lipinski definition) is 2. The van der Waals surface area contributed by atoms with E-state index in [0.29, 0.717) is 11.3 Å². The molecule has 13 heteroatoms. The number of methoxy groups -OCH3 is 1. The molecule has 2 aromatic heterocycles. The van der Waals surface area contributed by atoms with Gasteiger partial charge in [0.25, 0.3) is 0 Å². The van der Waals surface area contributed by atoms with E-state index in [1.165, 1.54) is 43.0 Å². The summed E-state index contributed by atoms with van der Waals surface area (Å²) < 4.78 is 78.9. The second-order valence-electron chi connectivity index (χ2n) is 8.61. The first-order valence-electron chi connectivity index (χ1n) is 10.6. The molecule has 3 rings (SSSR count). The summed E-state index contributed by atoms with van der Waals surface area (Å²) in [6, 6.07) is 3.94. The molecule has 192 valence electrons. The summed E-state index contributed by atoms with van der Waals surface area (Å²) in [4.78, 5) is 4.14. The highest BCUT2D eigenvalue weighted by atomic mass is 32.2. The highest BCUT2D eigenvalue weighted by Crippen LogP contribution is 2.37. The number of sulfonamides is 1. The zero-order valence-electron chi connectivity index (χ0n) is 20.0. The Morgan fingerprint density at radius 1 is 1.17 bits per heavy atom. The summed E-state index contributed by atoms with van der Waals surface area (Å²) in [6.45, 7) is 5.63. The van der Waals surface area contributed by atoms with Crippen molar-refractivity contribution in [3.8, 4) is 22.8 Å². The molecular weight excluding hydrogens is 501 g/mol. The van der Waals surface area contributed by atoms with Crippen molar-refractivity contribution in [2.75, 3.05) is 30.8 Å². The number of benzene rings is 1. The molecule has 0 atom stereocenters. The molecule has 1 aromatic carbocycles. The van der Waals surface area contributed by atoms with Gasteiger partial charge in [-0.05, 0) is 39.8 Å². The Labute approximate surface area is 203 Å². The largest absolute Gasteiger partial charge is 0.492 e. The highest BCUT2D eigenvalue weighted by molar-refractivity contribution is 7.93. The number of aliphatic hydroxyl groups excluding tert-OH is 1. The van der Waals surface area contributed by atoms with E-state index >= 15 is 0 Å². The van der Waals surface area contributed by atoms with Gasteiger partial charge >= 0.3 is 0 Å². The van der Waals surface area contributed by atoms with Crippen molar-refractivity contribution in [3.05, 3.63) is 36.4 Å². The van der Waals surface area contributed by atoms with Gasteiger partial charge in [0.1, 0.15) is 22.9 Å². The Kier molecular flexibility index (Phi) is 7.34. The van der Waals surface area contributed by atoms with Crippen LogP contribution in [0.3, 0.4) is 0 Å². The Morgan fingerprint density at radius 3 is 2.43 bits per heavy atom. The van der Waals surface area contributed by atoms with Gasteiger partial charge in [0.15, 0.2) is 21.4 Å². The molecule has 0 fully saturated rings. The lowest BCUT2D eigenvalue weighted by Gasteiger charge is -2.22. The van der Waals surface area contributed by atoms with Crippen molar-refractivity contribution in [2.45, 2.75) is 37.3 Å². The predicted molar refractivity (Wildman–Crippen MR) is 130 cm³/mol. The van der Waals surface area contributed by atoms with Crippen molar-refractivity contribution in [2.24, 2.45) is 0 Å². The lowest BCUT2D eigenvalue weighted by atomic mass is 10.1. The van der Waals surface area contributed by atoms with E-state index in [4.69, 9.17) is 14.6 Å². The fraction of sp³-hybridized carbons (Fsp3) is 0.409. The van der Waals surface area contributed by atoms with E-state index < -0.39 is 30.4 Å². The normalized spacial score (nSPS) is 12.7. The molecule has 0 unspecified atom stereocenters. The second kappa shape index (κ2) is 9.63. The van der Waals surface area contributed by atoms with Crippen LogP contribution < -0.4 is 14.2 Å². The minimum atomic E-state index is -3.90. The number of pyridine rings is 1. The van der Waals surface area contributed by atoms with Gasteiger partial charge in [-0.2, -0.15) is 0 Å². The molecule has 2 heterocycles. The molecule has 2 N–H and O–H groups in total. The van der Waals surface area contributed by atoms with Gasteiger partial charge in [0.2, 0.25) is 10.0 Å². The fourth-order valence-electron chi connectivity index (χ4n) is 3.26. The Balaban J connectivity index is 2.28. The molecule has 0 aliphatic rings. The summed E-state index contributed by atoms with van der Waals surface area (Å²) in [6.07, 6.45) is 2.72. The maximum absolute atomic E-state index is 14.9. The van der Waals surface area contributed by atoms with Crippen molar-refractivity contribution >= 4 is 31.2 Å². The van der Waals surface area contributed by atoms with Crippen LogP contribution in [-0.4, -0.2) is 62.2 Å². The number of imidazole rings is 1. The van der Waals surface area contributed by atoms with Crippen LogP contribution in [0.5, 0.6) is 11.5 Å². The van der Waals surface area contributed by atoms with E-state index in [1.54, 1.807) is 20.8 Å². The molecule has 0 bridgehead atoms. The molecule has 0 spiro atoms. The number of aromatic nitrogens is 2. The second-order valence-corrected chi connectivity index (χ2v) is 13.3. The van der Waals surface area contributed by atoms with Gasteiger partial charge in [0, 0.05) is 17.8 Å². The third-order valence-electron chi connectivity index (χ3n) is 5.21. The number of sulfone groups is 1. The molecule has 0 aliphatic heterocycles. The molecule has 10 nitrogen and oxygen atoms in total. The van der Waals surface area contributed by atoms with Gasteiger partial charge in [0.05, 0.1) is 41.8 Å². The number of fused-ring (bicyclic) bond motifs is 1. The molecule has 0 aliphatic carbocycles. The van der Waals surface area contributed by atoms with Gasteiger partial charge < -0.3 is 14.6 Å². The molecule has 35 heavy (non-hydrogen) atoms. The number of hydrogen-bond acceptors (Lipinski definition) is 8.